The van der Waals surface area contributed by atoms with Gasteiger partial charge in [0.05, 0.1) is 56.5 Å². The fraction of sp³-hybridized carbons (Fsp3) is 0.583. The first-order chi connectivity index (χ1) is 26.3. The molecule has 0 bridgehead atoms. The zero-order valence-corrected chi connectivity index (χ0v) is 30.6. The number of aromatic nitrogens is 1. The van der Waals surface area contributed by atoms with E-state index in [4.69, 9.17) is 4.74 Å². The van der Waals surface area contributed by atoms with Crippen LogP contribution in [0.4, 0.5) is 8.78 Å². The molecular weight excluding hydrogens is 724 g/mol. The Morgan fingerprint density at radius 2 is 1.45 bits per heavy atom. The Kier molecular flexibility index (Phi) is 14.2. The summed E-state index contributed by atoms with van der Waals surface area (Å²) in [5.74, 6) is -5.96. The number of nitriles is 1. The minimum Gasteiger partial charge on any atom is -0.494 e. The SMILES string of the molecule is N#CC1CC(F)(F)CN1C(=O)CNC(=O)c1ccnc2ccc(OCCCN3CCN(C(=O)CN4CCN(CC(=O)O)CCN(CC(=O)O)CC4)CC3)cc12. The number of rotatable bonds is 14. The van der Waals surface area contributed by atoms with Crippen molar-refractivity contribution in [2.24, 2.45) is 0 Å². The molecule has 4 heterocycles. The second-order valence-corrected chi connectivity index (χ2v) is 14.0. The van der Waals surface area contributed by atoms with Crippen LogP contribution in [0.3, 0.4) is 0 Å². The number of likely N-dealkylation sites (tertiary alicyclic amines) is 1. The van der Waals surface area contributed by atoms with Gasteiger partial charge in [0, 0.05) is 90.0 Å². The summed E-state index contributed by atoms with van der Waals surface area (Å²) in [6, 6.07) is 7.07. The van der Waals surface area contributed by atoms with E-state index in [1.807, 2.05) is 9.80 Å². The highest BCUT2D eigenvalue weighted by Crippen LogP contribution is 2.31. The number of benzene rings is 1. The standard InChI is InChI=1S/C36H47F2N9O8/c37-36(38)19-26(20-39)47(25-36)31(48)21-41-35(54)28-4-5-40-30-3-2-27(18-29(28)30)55-17-1-6-42-13-15-46(16-14-42)32(49)22-43-7-9-44(23-33(50)51)11-12-45(10-8-43)24-34(52)53/h2-5,18,26H,1,6-17,19,21-25H2,(H,41,54)(H,50,51)(H,52,53). The molecule has 0 saturated carbocycles. The van der Waals surface area contributed by atoms with Gasteiger partial charge < -0.3 is 30.1 Å². The van der Waals surface area contributed by atoms with Gasteiger partial charge in [-0.2, -0.15) is 5.26 Å². The third-order valence-corrected chi connectivity index (χ3v) is 9.98. The number of hydrogen-bond donors (Lipinski definition) is 3. The number of carbonyl (C=O) groups is 5. The number of fused-ring (bicyclic) bond motifs is 1. The van der Waals surface area contributed by atoms with Crippen LogP contribution in [0.15, 0.2) is 30.5 Å². The molecule has 5 rings (SSSR count). The lowest BCUT2D eigenvalue weighted by molar-refractivity contribution is -0.140. The van der Waals surface area contributed by atoms with Gasteiger partial charge in [-0.05, 0) is 30.7 Å². The first-order valence-electron chi connectivity index (χ1n) is 18.3. The average Bonchev–Trinajstić information content (AvgIpc) is 3.52. The van der Waals surface area contributed by atoms with Crippen LogP contribution < -0.4 is 10.1 Å². The quantitative estimate of drug-likeness (QED) is 0.212. The molecule has 3 N–H and O–H groups in total. The molecular formula is C36H47F2N9O8. The van der Waals surface area contributed by atoms with Crippen molar-refractivity contribution in [3.8, 4) is 11.8 Å². The maximum atomic E-state index is 13.8. The van der Waals surface area contributed by atoms with Crippen molar-refractivity contribution in [3.63, 3.8) is 0 Å². The van der Waals surface area contributed by atoms with E-state index in [0.29, 0.717) is 95.1 Å². The minimum absolute atomic E-state index is 0.0221. The zero-order chi connectivity index (χ0) is 39.5. The number of halogens is 2. The summed E-state index contributed by atoms with van der Waals surface area (Å²) in [6.07, 6.45) is 1.41. The van der Waals surface area contributed by atoms with Crippen LogP contribution in [0.1, 0.15) is 23.2 Å². The lowest BCUT2D eigenvalue weighted by atomic mass is 10.1. The van der Waals surface area contributed by atoms with Crippen LogP contribution in [-0.2, 0) is 19.2 Å². The van der Waals surface area contributed by atoms with E-state index in [2.05, 4.69) is 15.2 Å². The second kappa shape index (κ2) is 19.0. The number of hydrogen-bond acceptors (Lipinski definition) is 12. The Balaban J connectivity index is 1.05. The summed E-state index contributed by atoms with van der Waals surface area (Å²) in [4.78, 5) is 76.2. The summed E-state index contributed by atoms with van der Waals surface area (Å²) in [7, 11) is 0. The topological polar surface area (TPSA) is 203 Å². The van der Waals surface area contributed by atoms with E-state index in [1.54, 1.807) is 34.1 Å². The first kappa shape index (κ1) is 41.1. The molecule has 0 aliphatic carbocycles. The van der Waals surface area contributed by atoms with Crippen molar-refractivity contribution in [1.29, 1.82) is 5.26 Å². The van der Waals surface area contributed by atoms with Gasteiger partial charge in [0.15, 0.2) is 0 Å². The van der Waals surface area contributed by atoms with Crippen molar-refractivity contribution in [2.75, 3.05) is 111 Å². The van der Waals surface area contributed by atoms with Crippen molar-refractivity contribution in [2.45, 2.75) is 24.8 Å². The number of aliphatic carboxylic acids is 2. The monoisotopic (exact) mass is 771 g/mol. The molecule has 0 spiro atoms. The molecule has 0 radical (unpaired) electrons. The number of ether oxygens (including phenoxy) is 1. The van der Waals surface area contributed by atoms with Crippen molar-refractivity contribution >= 4 is 40.6 Å². The molecule has 1 aromatic heterocycles. The maximum Gasteiger partial charge on any atom is 0.317 e. The minimum atomic E-state index is -3.16. The summed E-state index contributed by atoms with van der Waals surface area (Å²) in [5, 5.41) is 30.7. The van der Waals surface area contributed by atoms with Gasteiger partial charge >= 0.3 is 11.9 Å². The lowest BCUT2D eigenvalue weighted by Gasteiger charge is -2.36. The number of pyridine rings is 1. The molecule has 3 aliphatic heterocycles. The molecule has 55 heavy (non-hydrogen) atoms. The van der Waals surface area contributed by atoms with Gasteiger partial charge in [-0.3, -0.25) is 48.6 Å². The number of carboxylic acids is 2. The van der Waals surface area contributed by atoms with E-state index in [-0.39, 0.29) is 31.1 Å². The molecule has 3 aliphatic rings. The van der Waals surface area contributed by atoms with Gasteiger partial charge in [-0.25, -0.2) is 8.78 Å². The number of nitrogens with one attached hydrogen (secondary N) is 1. The molecule has 3 amide bonds. The van der Waals surface area contributed by atoms with E-state index in [1.165, 1.54) is 12.3 Å². The predicted molar refractivity (Wildman–Crippen MR) is 192 cm³/mol. The predicted octanol–water partition coefficient (Wildman–Crippen LogP) is -0.274. The van der Waals surface area contributed by atoms with E-state index < -0.39 is 55.2 Å². The van der Waals surface area contributed by atoms with E-state index in [9.17, 15) is 48.2 Å². The van der Waals surface area contributed by atoms with E-state index >= 15 is 0 Å². The molecule has 3 saturated heterocycles. The maximum absolute atomic E-state index is 13.8. The number of alkyl halides is 2. The molecule has 1 unspecified atom stereocenters. The van der Waals surface area contributed by atoms with Crippen LogP contribution in [0.25, 0.3) is 10.9 Å². The number of nitrogens with zero attached hydrogens (tertiary/aromatic N) is 8. The Morgan fingerprint density at radius 3 is 2.05 bits per heavy atom. The Hall–Kier alpha value is -5.03. The average molecular weight is 772 g/mol. The number of carboxylic acid groups (broad SMARTS) is 2. The first-order valence-corrected chi connectivity index (χ1v) is 18.3. The molecule has 3 fully saturated rings. The third kappa shape index (κ3) is 12.0. The van der Waals surface area contributed by atoms with Crippen LogP contribution in [0.2, 0.25) is 0 Å². The van der Waals surface area contributed by atoms with E-state index in [0.717, 1.165) is 11.4 Å². The van der Waals surface area contributed by atoms with Crippen LogP contribution in [-0.4, -0.2) is 198 Å². The largest absolute Gasteiger partial charge is 0.494 e. The molecule has 298 valence electrons. The van der Waals surface area contributed by atoms with Gasteiger partial charge in [0.2, 0.25) is 11.8 Å². The number of carbonyl (C=O) groups excluding carboxylic acids is 3. The Labute approximate surface area is 317 Å². The summed E-state index contributed by atoms with van der Waals surface area (Å²) < 4.78 is 33.5. The van der Waals surface area contributed by atoms with Gasteiger partial charge in [-0.1, -0.05) is 0 Å². The summed E-state index contributed by atoms with van der Waals surface area (Å²) >= 11 is 0. The lowest BCUT2D eigenvalue weighted by Crippen LogP contribution is -2.52. The fourth-order valence-electron chi connectivity index (χ4n) is 6.99. The molecule has 17 nitrogen and oxygen atoms in total. The highest BCUT2D eigenvalue weighted by Gasteiger charge is 2.47. The third-order valence-electron chi connectivity index (χ3n) is 9.98. The molecule has 19 heteroatoms. The molecule has 2 aromatic rings. The molecule has 1 atom stereocenters. The number of amides is 3. The number of piperazine rings is 1. The van der Waals surface area contributed by atoms with Crippen molar-refractivity contribution < 1.29 is 47.7 Å². The second-order valence-electron chi connectivity index (χ2n) is 14.0. The Morgan fingerprint density at radius 1 is 0.855 bits per heavy atom. The highest BCUT2D eigenvalue weighted by molar-refractivity contribution is 6.07. The normalized spacial score (nSPS) is 20.3. The summed E-state index contributed by atoms with van der Waals surface area (Å²) in [5.41, 5.74) is 0.742. The molecule has 1 aromatic carbocycles. The van der Waals surface area contributed by atoms with Crippen molar-refractivity contribution in [1.82, 2.24) is 39.7 Å². The van der Waals surface area contributed by atoms with Crippen LogP contribution in [0, 0.1) is 11.3 Å². The van der Waals surface area contributed by atoms with Crippen LogP contribution >= 0.6 is 0 Å². The van der Waals surface area contributed by atoms with Gasteiger partial charge in [-0.15, -0.1) is 0 Å². The fourth-order valence-corrected chi connectivity index (χ4v) is 6.99. The van der Waals surface area contributed by atoms with Gasteiger partial charge in [0.1, 0.15) is 11.8 Å². The van der Waals surface area contributed by atoms with Crippen LogP contribution in [0.5, 0.6) is 5.75 Å². The smallest absolute Gasteiger partial charge is 0.317 e. The van der Waals surface area contributed by atoms with Gasteiger partial charge in [0.25, 0.3) is 11.8 Å². The highest BCUT2D eigenvalue weighted by atomic mass is 19.3. The Bertz CT molecular complexity index is 1730. The van der Waals surface area contributed by atoms with Crippen molar-refractivity contribution in [3.05, 3.63) is 36.0 Å². The zero-order valence-electron chi connectivity index (χ0n) is 30.6. The summed E-state index contributed by atoms with van der Waals surface area (Å²) in [6.45, 7) is 4.83.